The van der Waals surface area contributed by atoms with Crippen LogP contribution in [0.25, 0.3) is 0 Å². The molecule has 0 bridgehead atoms. The molecule has 0 heterocycles. The van der Waals surface area contributed by atoms with E-state index in [1.807, 2.05) is 0 Å². The van der Waals surface area contributed by atoms with Crippen molar-refractivity contribution in [2.75, 3.05) is 0 Å². The molecule has 0 radical (unpaired) electrons. The molecule has 1 fully saturated rings. The highest BCUT2D eigenvalue weighted by atomic mass is 16.5. The van der Waals surface area contributed by atoms with Gasteiger partial charge in [-0.1, -0.05) is 26.2 Å². The van der Waals surface area contributed by atoms with Crippen LogP contribution in [0.3, 0.4) is 0 Å². The monoisotopic (exact) mass is 198 g/mol. The van der Waals surface area contributed by atoms with Crippen LogP contribution < -0.4 is 0 Å². The van der Waals surface area contributed by atoms with Crippen molar-refractivity contribution in [2.24, 2.45) is 0 Å². The number of unbranched alkanes of at least 4 members (excludes halogenated alkanes) is 2. The van der Waals surface area contributed by atoms with Crippen molar-refractivity contribution >= 4 is 6.47 Å². The van der Waals surface area contributed by atoms with Crippen molar-refractivity contribution < 1.29 is 9.53 Å². The van der Waals surface area contributed by atoms with Crippen LogP contribution in [0, 0.1) is 0 Å². The predicted octanol–water partition coefficient (Wildman–Crippen LogP) is 3.44. The van der Waals surface area contributed by atoms with Gasteiger partial charge in [0, 0.05) is 0 Å². The summed E-state index contributed by atoms with van der Waals surface area (Å²) >= 11 is 0. The van der Waals surface area contributed by atoms with Gasteiger partial charge in [-0.15, -0.1) is 0 Å². The molecule has 14 heavy (non-hydrogen) atoms. The van der Waals surface area contributed by atoms with Gasteiger partial charge in [-0.2, -0.15) is 0 Å². The van der Waals surface area contributed by atoms with Crippen molar-refractivity contribution in [2.45, 2.75) is 70.3 Å². The Hall–Kier alpha value is -0.530. The summed E-state index contributed by atoms with van der Waals surface area (Å²) in [7, 11) is 0. The van der Waals surface area contributed by atoms with E-state index in [1.54, 1.807) is 0 Å². The number of hydrogen-bond donors (Lipinski definition) is 0. The zero-order valence-corrected chi connectivity index (χ0v) is 9.26. The molecule has 0 spiro atoms. The third-order valence-corrected chi connectivity index (χ3v) is 3.30. The molecule has 2 heteroatoms. The van der Waals surface area contributed by atoms with E-state index in [9.17, 15) is 4.79 Å². The van der Waals surface area contributed by atoms with Gasteiger partial charge in [-0.05, 0) is 38.5 Å². The predicted molar refractivity (Wildman–Crippen MR) is 57.1 cm³/mol. The maximum absolute atomic E-state index is 10.5. The molecule has 1 aliphatic rings. The van der Waals surface area contributed by atoms with E-state index in [2.05, 4.69) is 6.92 Å². The Labute approximate surface area is 87.0 Å². The number of carbonyl (C=O) groups excluding carboxylic acids is 1. The summed E-state index contributed by atoms with van der Waals surface area (Å²) in [6, 6.07) is 0. The Bertz CT molecular complexity index is 160. The Morgan fingerprint density at radius 2 is 1.93 bits per heavy atom. The minimum absolute atomic E-state index is 0.0881. The lowest BCUT2D eigenvalue weighted by atomic mass is 9.81. The Balaban J connectivity index is 2.38. The van der Waals surface area contributed by atoms with Gasteiger partial charge in [0.25, 0.3) is 6.47 Å². The summed E-state index contributed by atoms with van der Waals surface area (Å²) in [4.78, 5) is 10.5. The first-order chi connectivity index (χ1) is 6.83. The van der Waals surface area contributed by atoms with Crippen molar-refractivity contribution in [3.05, 3.63) is 0 Å². The quantitative estimate of drug-likeness (QED) is 0.482. The van der Waals surface area contributed by atoms with E-state index in [-0.39, 0.29) is 5.60 Å². The molecule has 0 aromatic rings. The van der Waals surface area contributed by atoms with Gasteiger partial charge in [0.1, 0.15) is 5.60 Å². The van der Waals surface area contributed by atoms with Crippen molar-refractivity contribution in [3.63, 3.8) is 0 Å². The summed E-state index contributed by atoms with van der Waals surface area (Å²) in [6.45, 7) is 2.85. The van der Waals surface area contributed by atoms with Gasteiger partial charge >= 0.3 is 0 Å². The number of carbonyl (C=O) groups is 1. The van der Waals surface area contributed by atoms with E-state index < -0.39 is 0 Å². The molecule has 0 amide bonds. The number of rotatable bonds is 6. The first-order valence-corrected chi connectivity index (χ1v) is 5.94. The molecule has 82 valence electrons. The maximum Gasteiger partial charge on any atom is 0.293 e. The summed E-state index contributed by atoms with van der Waals surface area (Å²) in [5, 5.41) is 0. The van der Waals surface area contributed by atoms with Crippen molar-refractivity contribution in [1.82, 2.24) is 0 Å². The molecule has 0 N–H and O–H groups in total. The van der Waals surface area contributed by atoms with Gasteiger partial charge < -0.3 is 4.74 Å². The second-order valence-corrected chi connectivity index (χ2v) is 4.41. The van der Waals surface area contributed by atoms with E-state index in [1.165, 1.54) is 38.5 Å². The highest BCUT2D eigenvalue weighted by molar-refractivity contribution is 5.38. The average Bonchev–Trinajstić information content (AvgIpc) is 2.20. The summed E-state index contributed by atoms with van der Waals surface area (Å²) < 4.78 is 5.34. The lowest BCUT2D eigenvalue weighted by Crippen LogP contribution is -2.34. The maximum atomic E-state index is 10.5. The molecule has 1 rings (SSSR count). The second kappa shape index (κ2) is 6.05. The zero-order valence-electron chi connectivity index (χ0n) is 9.26. The molecule has 0 aromatic carbocycles. The topological polar surface area (TPSA) is 26.3 Å². The molecule has 1 aliphatic carbocycles. The van der Waals surface area contributed by atoms with Crippen LogP contribution in [-0.2, 0) is 9.53 Å². The molecule has 0 saturated heterocycles. The average molecular weight is 198 g/mol. The van der Waals surface area contributed by atoms with Gasteiger partial charge in [0.15, 0.2) is 0 Å². The van der Waals surface area contributed by atoms with Crippen molar-refractivity contribution in [3.8, 4) is 0 Å². The minimum Gasteiger partial charge on any atom is -0.461 e. The molecule has 0 aliphatic heterocycles. The summed E-state index contributed by atoms with van der Waals surface area (Å²) in [6.07, 6.45) is 10.7. The minimum atomic E-state index is -0.0881. The normalized spacial score (nSPS) is 20.4. The van der Waals surface area contributed by atoms with Crippen LogP contribution in [0.4, 0.5) is 0 Å². The van der Waals surface area contributed by atoms with Crippen LogP contribution >= 0.6 is 0 Å². The fraction of sp³-hybridized carbons (Fsp3) is 0.917. The van der Waals surface area contributed by atoms with E-state index in [0.717, 1.165) is 19.3 Å². The van der Waals surface area contributed by atoms with Crippen LogP contribution in [0.1, 0.15) is 64.7 Å². The van der Waals surface area contributed by atoms with Crippen LogP contribution in [0.5, 0.6) is 0 Å². The standard InChI is InChI=1S/C12H22O2/c1-2-3-5-8-12(14-11-13)9-6-4-7-10-12/h11H,2-10H2,1H3. The summed E-state index contributed by atoms with van der Waals surface area (Å²) in [5.74, 6) is 0. The van der Waals surface area contributed by atoms with Gasteiger partial charge in [-0.25, -0.2) is 0 Å². The molecular formula is C12H22O2. The Kier molecular flexibility index (Phi) is 4.99. The lowest BCUT2D eigenvalue weighted by Gasteiger charge is -2.35. The van der Waals surface area contributed by atoms with Gasteiger partial charge in [0.2, 0.25) is 0 Å². The Morgan fingerprint density at radius 1 is 1.21 bits per heavy atom. The largest absolute Gasteiger partial charge is 0.461 e. The van der Waals surface area contributed by atoms with E-state index in [4.69, 9.17) is 4.74 Å². The highest BCUT2D eigenvalue weighted by Gasteiger charge is 2.32. The first-order valence-electron chi connectivity index (χ1n) is 5.94. The fourth-order valence-corrected chi connectivity index (χ4v) is 2.42. The number of hydrogen-bond acceptors (Lipinski definition) is 2. The first kappa shape index (κ1) is 11.5. The molecule has 1 saturated carbocycles. The zero-order chi connectivity index (χ0) is 10.3. The number of ether oxygens (including phenoxy) is 1. The van der Waals surface area contributed by atoms with E-state index in [0.29, 0.717) is 6.47 Å². The third kappa shape index (κ3) is 3.32. The fourth-order valence-electron chi connectivity index (χ4n) is 2.42. The molecular weight excluding hydrogens is 176 g/mol. The SMILES string of the molecule is CCCCCC1(OC=O)CCCCC1. The molecule has 2 nitrogen and oxygen atoms in total. The van der Waals surface area contributed by atoms with Crippen LogP contribution in [0.15, 0.2) is 0 Å². The third-order valence-electron chi connectivity index (χ3n) is 3.30. The second-order valence-electron chi connectivity index (χ2n) is 4.41. The smallest absolute Gasteiger partial charge is 0.293 e. The van der Waals surface area contributed by atoms with Gasteiger partial charge in [-0.3, -0.25) is 4.79 Å². The van der Waals surface area contributed by atoms with Gasteiger partial charge in [0.05, 0.1) is 0 Å². The van der Waals surface area contributed by atoms with Crippen molar-refractivity contribution in [1.29, 1.82) is 0 Å². The summed E-state index contributed by atoms with van der Waals surface area (Å²) in [5.41, 5.74) is -0.0881. The lowest BCUT2D eigenvalue weighted by molar-refractivity contribution is -0.148. The molecule has 0 atom stereocenters. The molecule has 0 aromatic heterocycles. The Morgan fingerprint density at radius 3 is 2.50 bits per heavy atom. The van der Waals surface area contributed by atoms with E-state index >= 15 is 0 Å². The van der Waals surface area contributed by atoms with Crippen LogP contribution in [0.2, 0.25) is 0 Å². The molecule has 0 unspecified atom stereocenters. The highest BCUT2D eigenvalue weighted by Crippen LogP contribution is 2.35. The van der Waals surface area contributed by atoms with Crippen LogP contribution in [-0.4, -0.2) is 12.1 Å².